The fraction of sp³-hybridized carbons (Fsp3) is 0.214. The molecule has 0 unspecified atom stereocenters. The summed E-state index contributed by atoms with van der Waals surface area (Å²) in [6, 6.07) is 8.34. The standard InChI is InChI=1S/C14H14FNO2S/c1-9-6-10(15)2-5-13(9)16-8-12-4-3-11(19-12)7-14(17)18/h2-6,16H,7-8H2,1H3,(H,17,18). The van der Waals surface area contributed by atoms with Crippen molar-refractivity contribution in [3.05, 3.63) is 51.5 Å². The second-order valence-electron chi connectivity index (χ2n) is 4.25. The summed E-state index contributed by atoms with van der Waals surface area (Å²) in [6.07, 6.45) is 0.0558. The molecule has 5 heteroatoms. The van der Waals surface area contributed by atoms with Gasteiger partial charge in [0.2, 0.25) is 0 Å². The largest absolute Gasteiger partial charge is 0.481 e. The molecule has 3 nitrogen and oxygen atoms in total. The van der Waals surface area contributed by atoms with Crippen LogP contribution in [0.2, 0.25) is 0 Å². The van der Waals surface area contributed by atoms with Crippen LogP contribution in [0.15, 0.2) is 30.3 Å². The number of nitrogens with one attached hydrogen (secondary N) is 1. The number of carbonyl (C=O) groups is 1. The first kappa shape index (κ1) is 13.5. The minimum absolute atomic E-state index is 0.0558. The molecule has 0 aliphatic carbocycles. The number of thiophene rings is 1. The van der Waals surface area contributed by atoms with Crippen molar-refractivity contribution in [3.63, 3.8) is 0 Å². The second-order valence-corrected chi connectivity index (χ2v) is 5.50. The minimum atomic E-state index is -0.823. The van der Waals surface area contributed by atoms with Crippen molar-refractivity contribution < 1.29 is 14.3 Å². The van der Waals surface area contributed by atoms with Gasteiger partial charge in [-0.15, -0.1) is 11.3 Å². The van der Waals surface area contributed by atoms with E-state index >= 15 is 0 Å². The van der Waals surface area contributed by atoms with E-state index in [1.165, 1.54) is 23.5 Å². The van der Waals surface area contributed by atoms with Gasteiger partial charge >= 0.3 is 5.97 Å². The van der Waals surface area contributed by atoms with E-state index in [9.17, 15) is 9.18 Å². The van der Waals surface area contributed by atoms with Gasteiger partial charge in [0, 0.05) is 22.0 Å². The van der Waals surface area contributed by atoms with E-state index in [0.29, 0.717) is 6.54 Å². The van der Waals surface area contributed by atoms with Crippen LogP contribution in [0.5, 0.6) is 0 Å². The van der Waals surface area contributed by atoms with Crippen LogP contribution in [-0.2, 0) is 17.8 Å². The molecule has 0 bridgehead atoms. The fourth-order valence-electron chi connectivity index (χ4n) is 1.77. The van der Waals surface area contributed by atoms with Crippen molar-refractivity contribution >= 4 is 23.0 Å². The van der Waals surface area contributed by atoms with Gasteiger partial charge in [-0.2, -0.15) is 0 Å². The van der Waals surface area contributed by atoms with Crippen LogP contribution in [0.25, 0.3) is 0 Å². The Balaban J connectivity index is 1.98. The molecule has 0 spiro atoms. The van der Waals surface area contributed by atoms with Crippen molar-refractivity contribution in [1.82, 2.24) is 0 Å². The summed E-state index contributed by atoms with van der Waals surface area (Å²) >= 11 is 1.47. The van der Waals surface area contributed by atoms with E-state index < -0.39 is 5.97 Å². The monoisotopic (exact) mass is 279 g/mol. The molecule has 0 amide bonds. The molecule has 1 aromatic heterocycles. The Bertz CT molecular complexity index is 595. The maximum absolute atomic E-state index is 13.0. The predicted molar refractivity (Wildman–Crippen MR) is 74.1 cm³/mol. The minimum Gasteiger partial charge on any atom is -0.481 e. The highest BCUT2D eigenvalue weighted by Gasteiger charge is 2.05. The molecule has 2 N–H and O–H groups in total. The Hall–Kier alpha value is -1.88. The summed E-state index contributed by atoms with van der Waals surface area (Å²) in [5.74, 6) is -1.07. The van der Waals surface area contributed by atoms with Crippen LogP contribution in [0.1, 0.15) is 15.3 Å². The highest BCUT2D eigenvalue weighted by atomic mass is 32.1. The summed E-state index contributed by atoms with van der Waals surface area (Å²) in [6.45, 7) is 2.45. The lowest BCUT2D eigenvalue weighted by molar-refractivity contribution is -0.136. The highest BCUT2D eigenvalue weighted by molar-refractivity contribution is 7.12. The lowest BCUT2D eigenvalue weighted by atomic mass is 10.2. The summed E-state index contributed by atoms with van der Waals surface area (Å²) < 4.78 is 13.0. The van der Waals surface area contributed by atoms with Gasteiger partial charge < -0.3 is 10.4 Å². The van der Waals surface area contributed by atoms with Crippen LogP contribution in [0, 0.1) is 12.7 Å². The van der Waals surface area contributed by atoms with Crippen molar-refractivity contribution in [2.45, 2.75) is 19.9 Å². The molecule has 0 atom stereocenters. The molecule has 19 heavy (non-hydrogen) atoms. The van der Waals surface area contributed by atoms with E-state index in [1.54, 1.807) is 6.07 Å². The van der Waals surface area contributed by atoms with Crippen molar-refractivity contribution in [1.29, 1.82) is 0 Å². The third kappa shape index (κ3) is 3.79. The lowest BCUT2D eigenvalue weighted by Gasteiger charge is -2.08. The molecule has 0 aliphatic rings. The molecule has 1 heterocycles. The number of halogens is 1. The van der Waals surface area contributed by atoms with Crippen LogP contribution in [-0.4, -0.2) is 11.1 Å². The van der Waals surface area contributed by atoms with Gasteiger partial charge in [-0.25, -0.2) is 4.39 Å². The Morgan fingerprint density at radius 2 is 2.05 bits per heavy atom. The molecule has 0 aliphatic heterocycles. The molecule has 1 aromatic carbocycles. The summed E-state index contributed by atoms with van der Waals surface area (Å²) in [7, 11) is 0. The average Bonchev–Trinajstić information content (AvgIpc) is 2.74. The molecule has 100 valence electrons. The van der Waals surface area contributed by atoms with Gasteiger partial charge in [-0.3, -0.25) is 4.79 Å². The molecule has 0 fully saturated rings. The molecule has 0 radical (unpaired) electrons. The number of hydrogen-bond acceptors (Lipinski definition) is 3. The van der Waals surface area contributed by atoms with Crippen molar-refractivity contribution in [2.75, 3.05) is 5.32 Å². The maximum Gasteiger partial charge on any atom is 0.308 e. The number of aliphatic carboxylic acids is 1. The van der Waals surface area contributed by atoms with E-state index in [-0.39, 0.29) is 12.2 Å². The normalized spacial score (nSPS) is 10.4. The van der Waals surface area contributed by atoms with E-state index in [0.717, 1.165) is 21.0 Å². The van der Waals surface area contributed by atoms with Gasteiger partial charge in [-0.1, -0.05) is 0 Å². The zero-order chi connectivity index (χ0) is 13.8. The van der Waals surface area contributed by atoms with Gasteiger partial charge in [0.05, 0.1) is 6.42 Å². The second kappa shape index (κ2) is 5.84. The zero-order valence-corrected chi connectivity index (χ0v) is 11.3. The van der Waals surface area contributed by atoms with Gasteiger partial charge in [0.1, 0.15) is 5.82 Å². The Morgan fingerprint density at radius 3 is 2.74 bits per heavy atom. The van der Waals surface area contributed by atoms with Crippen LogP contribution >= 0.6 is 11.3 Å². The van der Waals surface area contributed by atoms with Crippen molar-refractivity contribution in [3.8, 4) is 0 Å². The van der Waals surface area contributed by atoms with Gasteiger partial charge in [-0.05, 0) is 42.8 Å². The first-order valence-electron chi connectivity index (χ1n) is 5.84. The highest BCUT2D eigenvalue weighted by Crippen LogP contribution is 2.20. The lowest BCUT2D eigenvalue weighted by Crippen LogP contribution is -1.99. The number of aryl methyl sites for hydroxylation is 1. The maximum atomic E-state index is 13.0. The number of benzene rings is 1. The number of carboxylic acid groups (broad SMARTS) is 1. The Labute approximate surface area is 114 Å². The number of carboxylic acids is 1. The molecule has 0 saturated carbocycles. The number of anilines is 1. The SMILES string of the molecule is Cc1cc(F)ccc1NCc1ccc(CC(=O)O)s1. The smallest absolute Gasteiger partial charge is 0.308 e. The summed E-state index contributed by atoms with van der Waals surface area (Å²) in [4.78, 5) is 12.5. The molecular formula is C14H14FNO2S. The third-order valence-corrected chi connectivity index (χ3v) is 3.77. The predicted octanol–water partition coefficient (Wildman–Crippen LogP) is 3.43. The van der Waals surface area contributed by atoms with Crippen LogP contribution in [0.4, 0.5) is 10.1 Å². The van der Waals surface area contributed by atoms with Crippen LogP contribution in [0.3, 0.4) is 0 Å². The molecular weight excluding hydrogens is 265 g/mol. The third-order valence-electron chi connectivity index (χ3n) is 2.68. The number of hydrogen-bond donors (Lipinski definition) is 2. The average molecular weight is 279 g/mol. The number of rotatable bonds is 5. The van der Waals surface area contributed by atoms with Crippen molar-refractivity contribution in [2.24, 2.45) is 0 Å². The summed E-state index contributed by atoms with van der Waals surface area (Å²) in [5, 5.41) is 11.9. The molecule has 2 rings (SSSR count). The Kier molecular flexibility index (Phi) is 4.16. The summed E-state index contributed by atoms with van der Waals surface area (Å²) in [5.41, 5.74) is 1.73. The Morgan fingerprint density at radius 1 is 1.32 bits per heavy atom. The fourth-order valence-corrected chi connectivity index (χ4v) is 2.72. The first-order chi connectivity index (χ1) is 9.04. The molecule has 2 aromatic rings. The first-order valence-corrected chi connectivity index (χ1v) is 6.65. The van der Waals surface area contributed by atoms with E-state index in [2.05, 4.69) is 5.32 Å². The van der Waals surface area contributed by atoms with Crippen LogP contribution < -0.4 is 5.32 Å². The van der Waals surface area contributed by atoms with Gasteiger partial charge in [0.15, 0.2) is 0 Å². The quantitative estimate of drug-likeness (QED) is 0.881. The zero-order valence-electron chi connectivity index (χ0n) is 10.4. The van der Waals surface area contributed by atoms with Gasteiger partial charge in [0.25, 0.3) is 0 Å². The van der Waals surface area contributed by atoms with E-state index in [1.807, 2.05) is 19.1 Å². The topological polar surface area (TPSA) is 49.3 Å². The van der Waals surface area contributed by atoms with E-state index in [4.69, 9.17) is 5.11 Å². The molecule has 0 saturated heterocycles.